The minimum absolute atomic E-state index is 0.0862. The number of ether oxygens (including phenoxy) is 2. The topological polar surface area (TPSA) is 47.6 Å². The number of carbonyl (C=O) groups excluding carboxylic acids is 1. The van der Waals surface area contributed by atoms with Crippen molar-refractivity contribution < 1.29 is 14.3 Å². The van der Waals surface area contributed by atoms with Gasteiger partial charge in [0.05, 0.1) is 0 Å². The summed E-state index contributed by atoms with van der Waals surface area (Å²) in [5.41, 5.74) is 3.48. The number of fused-ring (bicyclic) bond motifs is 1. The third-order valence-corrected chi connectivity index (χ3v) is 3.85. The van der Waals surface area contributed by atoms with Crippen LogP contribution in [-0.2, 0) is 11.2 Å². The van der Waals surface area contributed by atoms with E-state index in [4.69, 9.17) is 9.47 Å². The Bertz CT molecular complexity index is 752. The third-order valence-electron chi connectivity index (χ3n) is 3.85. The molecular formula is C20H21NO3. The SMILES string of the molecule is Cc1cccc(CCCNC(=O)/C=C/c2ccc3c(c2)OCO3)c1. The van der Waals surface area contributed by atoms with Crippen LogP contribution in [0.1, 0.15) is 23.1 Å². The maximum absolute atomic E-state index is 11.9. The average molecular weight is 323 g/mol. The molecule has 4 nitrogen and oxygen atoms in total. The number of nitrogens with one attached hydrogen (secondary N) is 1. The average Bonchev–Trinajstić information content (AvgIpc) is 3.05. The fraction of sp³-hybridized carbons (Fsp3) is 0.250. The third kappa shape index (κ3) is 4.38. The Morgan fingerprint density at radius 2 is 2.04 bits per heavy atom. The Labute approximate surface area is 142 Å². The monoisotopic (exact) mass is 323 g/mol. The van der Waals surface area contributed by atoms with Crippen LogP contribution in [0.5, 0.6) is 11.5 Å². The van der Waals surface area contributed by atoms with Crippen LogP contribution in [0.25, 0.3) is 6.08 Å². The van der Waals surface area contributed by atoms with E-state index in [0.29, 0.717) is 6.54 Å². The van der Waals surface area contributed by atoms with Crippen molar-refractivity contribution >= 4 is 12.0 Å². The molecule has 1 N–H and O–H groups in total. The highest BCUT2D eigenvalue weighted by Crippen LogP contribution is 2.32. The van der Waals surface area contributed by atoms with Crippen molar-refractivity contribution in [2.75, 3.05) is 13.3 Å². The molecule has 0 atom stereocenters. The fourth-order valence-corrected chi connectivity index (χ4v) is 2.62. The molecule has 2 aromatic rings. The van der Waals surface area contributed by atoms with E-state index in [1.165, 1.54) is 11.1 Å². The molecule has 0 aliphatic carbocycles. The predicted octanol–water partition coefficient (Wildman–Crippen LogP) is 3.49. The van der Waals surface area contributed by atoms with Gasteiger partial charge in [-0.25, -0.2) is 0 Å². The van der Waals surface area contributed by atoms with Crippen molar-refractivity contribution in [3.05, 3.63) is 65.2 Å². The quantitative estimate of drug-likeness (QED) is 0.654. The van der Waals surface area contributed by atoms with Crippen LogP contribution in [0.4, 0.5) is 0 Å². The summed E-state index contributed by atoms with van der Waals surface area (Å²) in [5.74, 6) is 1.38. The number of amides is 1. The van der Waals surface area contributed by atoms with E-state index in [1.807, 2.05) is 18.2 Å². The minimum Gasteiger partial charge on any atom is -0.454 e. The first-order valence-electron chi connectivity index (χ1n) is 8.12. The van der Waals surface area contributed by atoms with Gasteiger partial charge in [-0.2, -0.15) is 0 Å². The van der Waals surface area contributed by atoms with E-state index < -0.39 is 0 Å². The Morgan fingerprint density at radius 1 is 1.17 bits per heavy atom. The molecule has 4 heteroatoms. The van der Waals surface area contributed by atoms with Crippen molar-refractivity contribution in [1.82, 2.24) is 5.32 Å². The molecule has 0 unspecified atom stereocenters. The summed E-state index contributed by atoms with van der Waals surface area (Å²) in [4.78, 5) is 11.9. The summed E-state index contributed by atoms with van der Waals surface area (Å²) in [6.45, 7) is 3.01. The second-order valence-electron chi connectivity index (χ2n) is 5.83. The zero-order valence-electron chi connectivity index (χ0n) is 13.7. The van der Waals surface area contributed by atoms with Gasteiger partial charge in [0.2, 0.25) is 12.7 Å². The highest BCUT2D eigenvalue weighted by atomic mass is 16.7. The Balaban J connectivity index is 1.42. The summed E-state index contributed by atoms with van der Waals surface area (Å²) >= 11 is 0. The van der Waals surface area contributed by atoms with Gasteiger partial charge in [0, 0.05) is 12.6 Å². The molecule has 0 aromatic heterocycles. The van der Waals surface area contributed by atoms with Gasteiger partial charge in [0.25, 0.3) is 0 Å². The van der Waals surface area contributed by atoms with E-state index >= 15 is 0 Å². The number of aryl methyl sites for hydroxylation is 2. The number of rotatable bonds is 6. The van der Waals surface area contributed by atoms with Gasteiger partial charge >= 0.3 is 0 Å². The first kappa shape index (κ1) is 16.1. The van der Waals surface area contributed by atoms with E-state index in [9.17, 15) is 4.79 Å². The molecule has 24 heavy (non-hydrogen) atoms. The number of hydrogen-bond acceptors (Lipinski definition) is 3. The van der Waals surface area contributed by atoms with Crippen LogP contribution in [0.15, 0.2) is 48.5 Å². The van der Waals surface area contributed by atoms with Gasteiger partial charge in [-0.3, -0.25) is 4.79 Å². The summed E-state index contributed by atoms with van der Waals surface area (Å²) in [6.07, 6.45) is 5.21. The molecule has 0 saturated heterocycles. The molecule has 124 valence electrons. The summed E-state index contributed by atoms with van der Waals surface area (Å²) in [6, 6.07) is 14.1. The van der Waals surface area contributed by atoms with Gasteiger partial charge in [-0.15, -0.1) is 0 Å². The van der Waals surface area contributed by atoms with Crippen LogP contribution >= 0.6 is 0 Å². The zero-order valence-corrected chi connectivity index (χ0v) is 13.7. The summed E-state index contributed by atoms with van der Waals surface area (Å²) in [5, 5.41) is 2.91. The van der Waals surface area contributed by atoms with Gasteiger partial charge in [0.15, 0.2) is 11.5 Å². The molecule has 0 bridgehead atoms. The van der Waals surface area contributed by atoms with Gasteiger partial charge in [-0.05, 0) is 49.1 Å². The molecular weight excluding hydrogens is 302 g/mol. The van der Waals surface area contributed by atoms with Crippen LogP contribution < -0.4 is 14.8 Å². The minimum atomic E-state index is -0.0862. The molecule has 1 heterocycles. The van der Waals surface area contributed by atoms with E-state index in [-0.39, 0.29) is 12.7 Å². The van der Waals surface area contributed by atoms with Crippen LogP contribution in [0.2, 0.25) is 0 Å². The molecule has 0 radical (unpaired) electrons. The van der Waals surface area contributed by atoms with Crippen molar-refractivity contribution in [3.63, 3.8) is 0 Å². The standard InChI is InChI=1S/C20H21NO3/c1-15-4-2-5-16(12-15)6-3-11-21-20(22)10-8-17-7-9-18-19(13-17)24-14-23-18/h2,4-5,7-10,12-13H,3,6,11,14H2,1H3,(H,21,22)/b10-8+. The molecule has 0 spiro atoms. The lowest BCUT2D eigenvalue weighted by atomic mass is 10.1. The van der Waals surface area contributed by atoms with Crippen molar-refractivity contribution in [3.8, 4) is 11.5 Å². The maximum atomic E-state index is 11.9. The van der Waals surface area contributed by atoms with Crippen LogP contribution in [-0.4, -0.2) is 19.2 Å². The molecule has 1 aliphatic rings. The Kier molecular flexibility index (Phi) is 5.16. The highest BCUT2D eigenvalue weighted by molar-refractivity contribution is 5.91. The summed E-state index contributed by atoms with van der Waals surface area (Å²) < 4.78 is 10.6. The lowest BCUT2D eigenvalue weighted by Gasteiger charge is -2.04. The van der Waals surface area contributed by atoms with E-state index in [2.05, 4.69) is 36.5 Å². The van der Waals surface area contributed by atoms with Crippen molar-refractivity contribution in [1.29, 1.82) is 0 Å². The van der Waals surface area contributed by atoms with Crippen LogP contribution in [0, 0.1) is 6.92 Å². The largest absolute Gasteiger partial charge is 0.454 e. The fourth-order valence-electron chi connectivity index (χ4n) is 2.62. The summed E-state index contributed by atoms with van der Waals surface area (Å²) in [7, 11) is 0. The number of carbonyl (C=O) groups is 1. The molecule has 3 rings (SSSR count). The van der Waals surface area contributed by atoms with E-state index in [1.54, 1.807) is 12.2 Å². The number of hydrogen-bond donors (Lipinski definition) is 1. The highest BCUT2D eigenvalue weighted by Gasteiger charge is 2.12. The first-order valence-corrected chi connectivity index (χ1v) is 8.12. The zero-order chi connectivity index (χ0) is 16.8. The van der Waals surface area contributed by atoms with Crippen LogP contribution in [0.3, 0.4) is 0 Å². The van der Waals surface area contributed by atoms with Gasteiger partial charge in [0.1, 0.15) is 0 Å². The molecule has 1 amide bonds. The lowest BCUT2D eigenvalue weighted by Crippen LogP contribution is -2.22. The molecule has 1 aliphatic heterocycles. The first-order chi connectivity index (χ1) is 11.7. The van der Waals surface area contributed by atoms with E-state index in [0.717, 1.165) is 29.9 Å². The molecule has 2 aromatic carbocycles. The smallest absolute Gasteiger partial charge is 0.243 e. The molecule has 0 fully saturated rings. The second-order valence-corrected chi connectivity index (χ2v) is 5.83. The van der Waals surface area contributed by atoms with Gasteiger partial charge in [-0.1, -0.05) is 35.9 Å². The normalized spacial score (nSPS) is 12.5. The van der Waals surface area contributed by atoms with Gasteiger partial charge < -0.3 is 14.8 Å². The molecule has 0 saturated carbocycles. The Hall–Kier alpha value is -2.75. The number of benzene rings is 2. The second kappa shape index (κ2) is 7.68. The Morgan fingerprint density at radius 3 is 2.92 bits per heavy atom. The van der Waals surface area contributed by atoms with Crippen molar-refractivity contribution in [2.45, 2.75) is 19.8 Å². The van der Waals surface area contributed by atoms with Crippen molar-refractivity contribution in [2.24, 2.45) is 0 Å². The maximum Gasteiger partial charge on any atom is 0.243 e. The predicted molar refractivity (Wildman–Crippen MR) is 94.1 cm³/mol. The lowest BCUT2D eigenvalue weighted by molar-refractivity contribution is -0.116.